The van der Waals surface area contributed by atoms with E-state index in [1.807, 2.05) is 0 Å². The lowest BCUT2D eigenvalue weighted by atomic mass is 9.95. The van der Waals surface area contributed by atoms with Gasteiger partial charge in [0.1, 0.15) is 12.1 Å². The van der Waals surface area contributed by atoms with Crippen LogP contribution in [0.1, 0.15) is 44.9 Å². The maximum Gasteiger partial charge on any atom is 0.132 e. The van der Waals surface area contributed by atoms with Gasteiger partial charge in [0.25, 0.3) is 0 Å². The number of rotatable bonds is 2. The van der Waals surface area contributed by atoms with Crippen molar-refractivity contribution in [2.45, 2.75) is 46.5 Å². The van der Waals surface area contributed by atoms with Crippen LogP contribution >= 0.6 is 0 Å². The number of nitrogens with zero attached hydrogens (tertiary/aromatic N) is 2. The predicted molar refractivity (Wildman–Crippen MR) is 66.6 cm³/mol. The first-order chi connectivity index (χ1) is 7.56. The van der Waals surface area contributed by atoms with Crippen molar-refractivity contribution < 1.29 is 0 Å². The van der Waals surface area contributed by atoms with Gasteiger partial charge in [0.05, 0.1) is 0 Å². The van der Waals surface area contributed by atoms with Gasteiger partial charge in [-0.25, -0.2) is 9.97 Å². The van der Waals surface area contributed by atoms with Crippen molar-refractivity contribution in [2.75, 3.05) is 11.9 Å². The third kappa shape index (κ3) is 2.71. The summed E-state index contributed by atoms with van der Waals surface area (Å²) in [5.41, 5.74) is 2.88. The minimum Gasteiger partial charge on any atom is -0.369 e. The van der Waals surface area contributed by atoms with E-state index in [2.05, 4.69) is 36.1 Å². The Balaban J connectivity index is 2.15. The van der Waals surface area contributed by atoms with E-state index >= 15 is 0 Å². The highest BCUT2D eigenvalue weighted by molar-refractivity contribution is 5.47. The van der Waals surface area contributed by atoms with Crippen LogP contribution in [0.15, 0.2) is 6.33 Å². The molecule has 1 N–H and O–H groups in total. The molecule has 1 aromatic heterocycles. The molecule has 1 heterocycles. The second kappa shape index (κ2) is 4.40. The van der Waals surface area contributed by atoms with Crippen molar-refractivity contribution in [3.63, 3.8) is 0 Å². The molecule has 1 aliphatic carbocycles. The van der Waals surface area contributed by atoms with E-state index in [9.17, 15) is 0 Å². The molecule has 0 saturated heterocycles. The SMILES string of the molecule is CC(C)(C)CNc1ncnc2c1CCCC2. The Morgan fingerprint density at radius 1 is 1.19 bits per heavy atom. The second-order valence-corrected chi connectivity index (χ2v) is 5.77. The number of nitrogens with one attached hydrogen (secondary N) is 1. The van der Waals surface area contributed by atoms with E-state index in [1.165, 1.54) is 24.1 Å². The molecule has 0 radical (unpaired) electrons. The lowest BCUT2D eigenvalue weighted by Crippen LogP contribution is -2.21. The van der Waals surface area contributed by atoms with Crippen LogP contribution < -0.4 is 5.32 Å². The summed E-state index contributed by atoms with van der Waals surface area (Å²) in [5.74, 6) is 1.06. The quantitative estimate of drug-likeness (QED) is 0.831. The van der Waals surface area contributed by atoms with Crippen LogP contribution in [-0.2, 0) is 12.8 Å². The number of aryl methyl sites for hydroxylation is 1. The molecule has 88 valence electrons. The summed E-state index contributed by atoms with van der Waals surface area (Å²) in [7, 11) is 0. The van der Waals surface area contributed by atoms with Gasteiger partial charge in [-0.3, -0.25) is 0 Å². The van der Waals surface area contributed by atoms with Crippen molar-refractivity contribution in [3.05, 3.63) is 17.6 Å². The first-order valence-corrected chi connectivity index (χ1v) is 6.13. The smallest absolute Gasteiger partial charge is 0.132 e. The molecule has 3 heteroatoms. The molecule has 2 rings (SSSR count). The van der Waals surface area contributed by atoms with Gasteiger partial charge in [-0.15, -0.1) is 0 Å². The van der Waals surface area contributed by atoms with E-state index in [0.717, 1.165) is 25.2 Å². The monoisotopic (exact) mass is 219 g/mol. The molecule has 3 nitrogen and oxygen atoms in total. The normalized spacial score (nSPS) is 15.7. The van der Waals surface area contributed by atoms with Crippen LogP contribution in [0.5, 0.6) is 0 Å². The van der Waals surface area contributed by atoms with Gasteiger partial charge in [-0.05, 0) is 31.1 Å². The molecule has 1 aliphatic rings. The summed E-state index contributed by atoms with van der Waals surface area (Å²) in [6, 6.07) is 0. The number of anilines is 1. The molecule has 0 bridgehead atoms. The molecular weight excluding hydrogens is 198 g/mol. The Bertz CT molecular complexity index is 366. The summed E-state index contributed by atoms with van der Waals surface area (Å²) in [6.07, 6.45) is 6.47. The maximum absolute atomic E-state index is 4.37. The van der Waals surface area contributed by atoms with Crippen molar-refractivity contribution in [3.8, 4) is 0 Å². The van der Waals surface area contributed by atoms with Crippen molar-refractivity contribution in [2.24, 2.45) is 5.41 Å². The molecule has 1 aromatic rings. The Labute approximate surface area is 97.7 Å². The van der Waals surface area contributed by atoms with Crippen molar-refractivity contribution in [1.29, 1.82) is 0 Å². The van der Waals surface area contributed by atoms with E-state index < -0.39 is 0 Å². The minimum atomic E-state index is 0.284. The molecule has 0 spiro atoms. The zero-order valence-electron chi connectivity index (χ0n) is 10.5. The molecule has 0 aromatic carbocycles. The highest BCUT2D eigenvalue weighted by atomic mass is 15.0. The van der Waals surface area contributed by atoms with Crippen LogP contribution in [0, 0.1) is 5.41 Å². The largest absolute Gasteiger partial charge is 0.369 e. The van der Waals surface area contributed by atoms with Crippen LogP contribution in [0.25, 0.3) is 0 Å². The second-order valence-electron chi connectivity index (χ2n) is 5.77. The average Bonchev–Trinajstić information content (AvgIpc) is 2.25. The standard InChI is InChI=1S/C13H21N3/c1-13(2,3)8-14-12-10-6-4-5-7-11(10)15-9-16-12/h9H,4-8H2,1-3H3,(H,14,15,16). The minimum absolute atomic E-state index is 0.284. The average molecular weight is 219 g/mol. The van der Waals surface area contributed by atoms with Gasteiger partial charge < -0.3 is 5.32 Å². The van der Waals surface area contributed by atoms with Crippen LogP contribution in [0.3, 0.4) is 0 Å². The maximum atomic E-state index is 4.37. The van der Waals surface area contributed by atoms with Gasteiger partial charge >= 0.3 is 0 Å². The Morgan fingerprint density at radius 2 is 1.94 bits per heavy atom. The van der Waals surface area contributed by atoms with E-state index in [-0.39, 0.29) is 5.41 Å². The molecule has 0 saturated carbocycles. The Hall–Kier alpha value is -1.12. The summed E-state index contributed by atoms with van der Waals surface area (Å²) in [4.78, 5) is 8.75. The molecule has 0 atom stereocenters. The lowest BCUT2D eigenvalue weighted by molar-refractivity contribution is 0.442. The fourth-order valence-corrected chi connectivity index (χ4v) is 2.02. The number of aromatic nitrogens is 2. The highest BCUT2D eigenvalue weighted by Crippen LogP contribution is 2.25. The van der Waals surface area contributed by atoms with Gasteiger partial charge in [0, 0.05) is 17.8 Å². The van der Waals surface area contributed by atoms with Crippen LogP contribution in [0.2, 0.25) is 0 Å². The Kier molecular flexibility index (Phi) is 3.13. The van der Waals surface area contributed by atoms with Gasteiger partial charge in [-0.1, -0.05) is 20.8 Å². The van der Waals surface area contributed by atoms with Crippen molar-refractivity contribution >= 4 is 5.82 Å². The first-order valence-electron chi connectivity index (χ1n) is 6.13. The summed E-state index contributed by atoms with van der Waals surface area (Å²) in [6.45, 7) is 7.64. The van der Waals surface area contributed by atoms with E-state index in [1.54, 1.807) is 6.33 Å². The van der Waals surface area contributed by atoms with Crippen LogP contribution in [0.4, 0.5) is 5.82 Å². The Morgan fingerprint density at radius 3 is 2.69 bits per heavy atom. The molecule has 0 aliphatic heterocycles. The third-order valence-corrected chi connectivity index (χ3v) is 2.91. The van der Waals surface area contributed by atoms with Crippen LogP contribution in [-0.4, -0.2) is 16.5 Å². The molecule has 16 heavy (non-hydrogen) atoms. The van der Waals surface area contributed by atoms with E-state index in [0.29, 0.717) is 0 Å². The highest BCUT2D eigenvalue weighted by Gasteiger charge is 2.17. The molecule has 0 unspecified atom stereocenters. The summed E-state index contributed by atoms with van der Waals surface area (Å²) in [5, 5.41) is 3.46. The fraction of sp³-hybridized carbons (Fsp3) is 0.692. The summed E-state index contributed by atoms with van der Waals surface area (Å²) >= 11 is 0. The van der Waals surface area contributed by atoms with E-state index in [4.69, 9.17) is 0 Å². The predicted octanol–water partition coefficient (Wildman–Crippen LogP) is 2.81. The number of hydrogen-bond acceptors (Lipinski definition) is 3. The van der Waals surface area contributed by atoms with Crippen molar-refractivity contribution in [1.82, 2.24) is 9.97 Å². The zero-order chi connectivity index (χ0) is 11.6. The van der Waals surface area contributed by atoms with Gasteiger partial charge in [0.15, 0.2) is 0 Å². The third-order valence-electron chi connectivity index (χ3n) is 2.91. The number of hydrogen-bond donors (Lipinski definition) is 1. The summed E-state index contributed by atoms with van der Waals surface area (Å²) < 4.78 is 0. The number of fused-ring (bicyclic) bond motifs is 1. The lowest BCUT2D eigenvalue weighted by Gasteiger charge is -2.22. The van der Waals surface area contributed by atoms with Gasteiger partial charge in [0.2, 0.25) is 0 Å². The zero-order valence-corrected chi connectivity index (χ0v) is 10.5. The first kappa shape index (κ1) is 11.4. The topological polar surface area (TPSA) is 37.8 Å². The van der Waals surface area contributed by atoms with Gasteiger partial charge in [-0.2, -0.15) is 0 Å². The fourth-order valence-electron chi connectivity index (χ4n) is 2.02. The molecule has 0 fully saturated rings. The molecular formula is C13H21N3. The molecule has 0 amide bonds.